The Morgan fingerprint density at radius 1 is 1.22 bits per heavy atom. The monoisotopic (exact) mass is 139 g/mol. The lowest BCUT2D eigenvalue weighted by Crippen LogP contribution is -1.77. The number of benzene rings is 1. The maximum absolute atomic E-state index is 10.0. The highest BCUT2D eigenvalue weighted by atomic mass is 32.1. The molecule has 0 amide bonds. The van der Waals surface area contributed by atoms with Gasteiger partial charge in [-0.1, -0.05) is 30.3 Å². The molecule has 0 aliphatic carbocycles. The third-order valence-corrected chi connectivity index (χ3v) is 1.52. The van der Waals surface area contributed by atoms with E-state index in [0.717, 1.165) is 5.56 Å². The van der Waals surface area contributed by atoms with Crippen LogP contribution in [0.3, 0.4) is 0 Å². The van der Waals surface area contributed by atoms with Crippen molar-refractivity contribution < 1.29 is 4.21 Å². The number of rotatable bonds is 2. The lowest BCUT2D eigenvalue weighted by molar-refractivity contribution is 0.604. The maximum atomic E-state index is 10.0. The normalized spacial score (nSPS) is 8.89. The first-order valence-corrected chi connectivity index (χ1v) is 3.63. The van der Waals surface area contributed by atoms with E-state index in [4.69, 9.17) is 0 Å². The molecule has 0 unspecified atom stereocenters. The molecule has 0 aromatic heterocycles. The van der Waals surface area contributed by atoms with Crippen molar-refractivity contribution in [2.24, 2.45) is 0 Å². The molecule has 0 N–H and O–H groups in total. The predicted molar refractivity (Wildman–Crippen MR) is 38.2 cm³/mol. The first kappa shape index (κ1) is 6.36. The van der Waals surface area contributed by atoms with Gasteiger partial charge in [-0.25, -0.2) is 0 Å². The zero-order valence-electron chi connectivity index (χ0n) is 4.91. The second-order valence-electron chi connectivity index (χ2n) is 1.75. The first-order valence-electron chi connectivity index (χ1n) is 2.72. The van der Waals surface area contributed by atoms with Crippen LogP contribution in [0.15, 0.2) is 30.3 Å². The Morgan fingerprint density at radius 2 is 1.89 bits per heavy atom. The Balaban J connectivity index is 2.72. The van der Waals surface area contributed by atoms with Crippen molar-refractivity contribution in [3.8, 4) is 0 Å². The summed E-state index contributed by atoms with van der Waals surface area (Å²) < 4.78 is 10.0. The number of hydrogen-bond donors (Lipinski definition) is 0. The van der Waals surface area contributed by atoms with Crippen molar-refractivity contribution in [2.45, 2.75) is 5.75 Å². The maximum Gasteiger partial charge on any atom is 0.463 e. The van der Waals surface area contributed by atoms with Crippen molar-refractivity contribution in [2.75, 3.05) is 0 Å². The fourth-order valence-electron chi connectivity index (χ4n) is 0.642. The Bertz CT molecular complexity index is 183. The molecule has 1 nitrogen and oxygen atoms in total. The highest BCUT2D eigenvalue weighted by Crippen LogP contribution is 1.97. The molecule has 0 saturated heterocycles. The molecule has 0 bridgehead atoms. The summed E-state index contributed by atoms with van der Waals surface area (Å²) in [7, 11) is 0. The topological polar surface area (TPSA) is 17.1 Å². The van der Waals surface area contributed by atoms with E-state index in [1.165, 1.54) is 0 Å². The average Bonchev–Trinajstić information content (AvgIpc) is 1.91. The molecule has 1 aromatic carbocycles. The molecule has 0 aliphatic heterocycles. The van der Waals surface area contributed by atoms with Gasteiger partial charge < -0.3 is 0 Å². The van der Waals surface area contributed by atoms with Crippen LogP contribution in [0.25, 0.3) is 0 Å². The van der Waals surface area contributed by atoms with Crippen LogP contribution in [0, 0.1) is 0 Å². The summed E-state index contributed by atoms with van der Waals surface area (Å²) in [5, 5.41) is 0. The van der Waals surface area contributed by atoms with Gasteiger partial charge in [-0.2, -0.15) is 0 Å². The Hall–Kier alpha value is -0.760. The molecule has 9 heavy (non-hydrogen) atoms. The van der Waals surface area contributed by atoms with Gasteiger partial charge in [-0.05, 0) is 0 Å². The SMILES string of the molecule is O=[S+]Cc1ccccc1. The van der Waals surface area contributed by atoms with Gasteiger partial charge in [0.25, 0.3) is 5.75 Å². The molecule has 46 valence electrons. The van der Waals surface area contributed by atoms with Gasteiger partial charge in [0, 0.05) is 9.77 Å². The van der Waals surface area contributed by atoms with E-state index in [2.05, 4.69) is 0 Å². The van der Waals surface area contributed by atoms with Crippen molar-refractivity contribution >= 4 is 11.7 Å². The van der Waals surface area contributed by atoms with Crippen LogP contribution < -0.4 is 0 Å². The summed E-state index contributed by atoms with van der Waals surface area (Å²) in [5.41, 5.74) is 1.09. The summed E-state index contributed by atoms with van der Waals surface area (Å²) in [6.07, 6.45) is 0. The molecular formula is C7H7OS+. The molecule has 1 rings (SSSR count). The molecule has 0 spiro atoms. The van der Waals surface area contributed by atoms with Gasteiger partial charge >= 0.3 is 11.7 Å². The smallest absolute Gasteiger partial charge is 0.0622 e. The third-order valence-electron chi connectivity index (χ3n) is 1.07. The van der Waals surface area contributed by atoms with E-state index < -0.39 is 0 Å². The zero-order chi connectivity index (χ0) is 6.53. The first-order chi connectivity index (χ1) is 4.43. The van der Waals surface area contributed by atoms with Gasteiger partial charge in [0.2, 0.25) is 0 Å². The minimum absolute atomic E-state index is 0.570. The van der Waals surface area contributed by atoms with Crippen molar-refractivity contribution in [3.63, 3.8) is 0 Å². The van der Waals surface area contributed by atoms with Crippen molar-refractivity contribution in [3.05, 3.63) is 35.9 Å². The van der Waals surface area contributed by atoms with E-state index in [-0.39, 0.29) is 0 Å². The summed E-state index contributed by atoms with van der Waals surface area (Å²) in [4.78, 5) is 0. The quantitative estimate of drug-likeness (QED) is 0.569. The van der Waals surface area contributed by atoms with E-state index in [1.807, 2.05) is 30.3 Å². The largest absolute Gasteiger partial charge is 0.463 e. The molecule has 0 aliphatic rings. The average molecular weight is 139 g/mol. The molecule has 1 aromatic rings. The van der Waals surface area contributed by atoms with E-state index in [0.29, 0.717) is 17.4 Å². The Kier molecular flexibility index (Phi) is 2.33. The third kappa shape index (κ3) is 1.90. The fraction of sp³-hybridized carbons (Fsp3) is 0.143. The van der Waals surface area contributed by atoms with Gasteiger partial charge in [0.1, 0.15) is 0 Å². The van der Waals surface area contributed by atoms with Gasteiger partial charge in [0.05, 0.1) is 0 Å². The van der Waals surface area contributed by atoms with Crippen LogP contribution in [-0.4, -0.2) is 0 Å². The van der Waals surface area contributed by atoms with Crippen LogP contribution in [-0.2, 0) is 21.6 Å². The molecule has 0 heterocycles. The summed E-state index contributed by atoms with van der Waals surface area (Å²) in [5.74, 6) is 0.570. The second-order valence-corrected chi connectivity index (χ2v) is 2.27. The fourth-order valence-corrected chi connectivity index (χ4v) is 0.971. The summed E-state index contributed by atoms with van der Waals surface area (Å²) in [6.45, 7) is 0. The second kappa shape index (κ2) is 3.30. The molecule has 0 radical (unpaired) electrons. The van der Waals surface area contributed by atoms with Crippen LogP contribution in [0.5, 0.6) is 0 Å². The van der Waals surface area contributed by atoms with Crippen LogP contribution in [0.1, 0.15) is 5.56 Å². The van der Waals surface area contributed by atoms with E-state index in [1.54, 1.807) is 0 Å². The molecule has 2 heteroatoms. The molecule has 0 saturated carbocycles. The molecule has 0 atom stereocenters. The number of hydrogen-bond acceptors (Lipinski definition) is 1. The van der Waals surface area contributed by atoms with Crippen LogP contribution in [0.2, 0.25) is 0 Å². The highest BCUT2D eigenvalue weighted by molar-refractivity contribution is 7.64. The lowest BCUT2D eigenvalue weighted by Gasteiger charge is -1.82. The van der Waals surface area contributed by atoms with Crippen LogP contribution >= 0.6 is 0 Å². The Morgan fingerprint density at radius 3 is 2.44 bits per heavy atom. The van der Waals surface area contributed by atoms with Gasteiger partial charge in [0.15, 0.2) is 0 Å². The van der Waals surface area contributed by atoms with Crippen molar-refractivity contribution in [1.29, 1.82) is 0 Å². The van der Waals surface area contributed by atoms with Gasteiger partial charge in [-0.3, -0.25) is 0 Å². The zero-order valence-corrected chi connectivity index (χ0v) is 5.73. The van der Waals surface area contributed by atoms with E-state index in [9.17, 15) is 4.21 Å². The lowest BCUT2D eigenvalue weighted by atomic mass is 10.2. The summed E-state index contributed by atoms with van der Waals surface area (Å²) >= 11 is 0.605. The molecular weight excluding hydrogens is 132 g/mol. The van der Waals surface area contributed by atoms with Crippen molar-refractivity contribution in [1.82, 2.24) is 0 Å². The minimum Gasteiger partial charge on any atom is -0.0622 e. The van der Waals surface area contributed by atoms with E-state index >= 15 is 0 Å². The minimum atomic E-state index is 0.570. The Labute approximate surface area is 58.2 Å². The van der Waals surface area contributed by atoms with Crippen LogP contribution in [0.4, 0.5) is 0 Å². The summed E-state index contributed by atoms with van der Waals surface area (Å²) in [6, 6.07) is 9.71. The highest BCUT2D eigenvalue weighted by Gasteiger charge is 1.97. The molecule has 0 fully saturated rings. The standard InChI is InChI=1S/C7H7OS/c8-9-6-7-4-2-1-3-5-7/h1-5H,6H2/q+1. The predicted octanol–water partition coefficient (Wildman–Crippen LogP) is 1.61. The van der Waals surface area contributed by atoms with Gasteiger partial charge in [-0.15, -0.1) is 0 Å².